The Kier molecular flexibility index (Phi) is 5.95. The van der Waals surface area contributed by atoms with Crippen LogP contribution in [0.5, 0.6) is 0 Å². The van der Waals surface area contributed by atoms with E-state index < -0.39 is 11.7 Å². The molecule has 1 amide bonds. The van der Waals surface area contributed by atoms with E-state index in [1.807, 2.05) is 6.92 Å². The summed E-state index contributed by atoms with van der Waals surface area (Å²) in [4.78, 5) is 21.7. The van der Waals surface area contributed by atoms with Crippen LogP contribution in [0.4, 0.5) is 24.7 Å². The average Bonchev–Trinajstić information content (AvgIpc) is 2.58. The second kappa shape index (κ2) is 7.96. The van der Waals surface area contributed by atoms with Crippen molar-refractivity contribution in [2.24, 2.45) is 0 Å². The monoisotopic (exact) mass is 352 g/mol. The van der Waals surface area contributed by atoms with E-state index in [1.54, 1.807) is 7.05 Å². The van der Waals surface area contributed by atoms with Crippen LogP contribution in [-0.4, -0.2) is 34.4 Å². The molecule has 0 unspecified atom stereocenters. The van der Waals surface area contributed by atoms with Gasteiger partial charge in [0.1, 0.15) is 17.8 Å². The lowest BCUT2D eigenvalue weighted by Gasteiger charge is -2.17. The highest BCUT2D eigenvalue weighted by atomic mass is 19.4. The normalized spacial score (nSPS) is 11.2. The minimum Gasteiger partial charge on any atom is -0.340 e. The van der Waals surface area contributed by atoms with Crippen molar-refractivity contribution in [2.75, 3.05) is 18.9 Å². The fourth-order valence-corrected chi connectivity index (χ4v) is 2.21. The molecule has 134 valence electrons. The molecule has 1 N–H and O–H groups in total. The van der Waals surface area contributed by atoms with Gasteiger partial charge >= 0.3 is 6.18 Å². The molecule has 0 aliphatic heterocycles. The number of benzene rings is 1. The van der Waals surface area contributed by atoms with Crippen molar-refractivity contribution in [1.82, 2.24) is 14.9 Å². The van der Waals surface area contributed by atoms with Crippen LogP contribution >= 0.6 is 0 Å². The number of carbonyl (C=O) groups excluding carboxylic acids is 1. The third-order valence-electron chi connectivity index (χ3n) is 3.58. The minimum absolute atomic E-state index is 0.124. The fraction of sp³-hybridized carbons (Fsp3) is 0.353. The highest BCUT2D eigenvalue weighted by Gasteiger charge is 2.33. The molecule has 5 nitrogen and oxygen atoms in total. The molecule has 0 atom stereocenters. The van der Waals surface area contributed by atoms with E-state index in [1.165, 1.54) is 29.2 Å². The van der Waals surface area contributed by atoms with Crippen molar-refractivity contribution in [3.63, 3.8) is 0 Å². The van der Waals surface area contributed by atoms with Gasteiger partial charge in [0.15, 0.2) is 0 Å². The number of amides is 1. The summed E-state index contributed by atoms with van der Waals surface area (Å²) in [5, 5.41) is 2.61. The summed E-state index contributed by atoms with van der Waals surface area (Å²) < 4.78 is 39.1. The molecule has 0 aliphatic rings. The molecule has 25 heavy (non-hydrogen) atoms. The van der Waals surface area contributed by atoms with Crippen molar-refractivity contribution >= 4 is 17.4 Å². The summed E-state index contributed by atoms with van der Waals surface area (Å²) in [5.74, 6) is -0.179. The first kappa shape index (κ1) is 18.7. The highest BCUT2D eigenvalue weighted by molar-refractivity contribution is 5.92. The molecule has 2 aromatic rings. The molecule has 1 aromatic carbocycles. The number of hydrogen-bond donors (Lipinski definition) is 1. The van der Waals surface area contributed by atoms with Gasteiger partial charge in [0.25, 0.3) is 5.91 Å². The minimum atomic E-state index is -4.49. The highest BCUT2D eigenvalue weighted by Crippen LogP contribution is 2.35. The van der Waals surface area contributed by atoms with Crippen molar-refractivity contribution in [3.05, 3.63) is 47.9 Å². The van der Waals surface area contributed by atoms with Crippen LogP contribution in [0.1, 0.15) is 35.8 Å². The molecular weight excluding hydrogens is 333 g/mol. The van der Waals surface area contributed by atoms with E-state index in [9.17, 15) is 18.0 Å². The lowest BCUT2D eigenvalue weighted by molar-refractivity contribution is -0.136. The Morgan fingerprint density at radius 1 is 1.24 bits per heavy atom. The largest absolute Gasteiger partial charge is 0.418 e. The Morgan fingerprint density at radius 3 is 2.64 bits per heavy atom. The Balaban J connectivity index is 2.22. The van der Waals surface area contributed by atoms with Gasteiger partial charge in [-0.15, -0.1) is 0 Å². The molecule has 1 aromatic heterocycles. The Bertz CT molecular complexity index is 734. The Labute approximate surface area is 143 Å². The molecule has 0 bridgehead atoms. The number of anilines is 2. The molecule has 0 saturated carbocycles. The maximum absolute atomic E-state index is 13.0. The fourth-order valence-electron chi connectivity index (χ4n) is 2.21. The zero-order valence-corrected chi connectivity index (χ0v) is 14.0. The van der Waals surface area contributed by atoms with Crippen molar-refractivity contribution in [2.45, 2.75) is 25.9 Å². The average molecular weight is 352 g/mol. The zero-order valence-electron chi connectivity index (χ0n) is 14.0. The predicted octanol–water partition coefficient (Wildman–Crippen LogP) is 4.11. The van der Waals surface area contributed by atoms with Gasteiger partial charge in [-0.2, -0.15) is 13.2 Å². The van der Waals surface area contributed by atoms with Gasteiger partial charge < -0.3 is 10.2 Å². The number of carbonyl (C=O) groups is 1. The number of unbranched alkanes of at least 4 members (excludes halogenated alkanes) is 1. The molecule has 0 saturated heterocycles. The lowest BCUT2D eigenvalue weighted by Crippen LogP contribution is -2.28. The zero-order chi connectivity index (χ0) is 18.4. The van der Waals surface area contributed by atoms with Crippen LogP contribution in [0.3, 0.4) is 0 Å². The number of aromatic nitrogens is 2. The molecule has 1 heterocycles. The standard InChI is InChI=1S/C17H19F3N4O/c1-3-4-9-24(2)16(25)14-10-15(22-11-21-14)23-13-8-6-5-7-12(13)17(18,19)20/h5-8,10-11H,3-4,9H2,1-2H3,(H,21,22,23). The van der Waals surface area contributed by atoms with E-state index in [-0.39, 0.29) is 23.1 Å². The van der Waals surface area contributed by atoms with Gasteiger partial charge in [-0.05, 0) is 18.6 Å². The third-order valence-corrected chi connectivity index (χ3v) is 3.58. The van der Waals surface area contributed by atoms with E-state index in [0.29, 0.717) is 6.54 Å². The summed E-state index contributed by atoms with van der Waals surface area (Å²) in [6, 6.07) is 6.43. The Hall–Kier alpha value is -2.64. The first-order valence-electron chi connectivity index (χ1n) is 7.83. The number of rotatable bonds is 6. The maximum atomic E-state index is 13.0. The molecule has 0 aliphatic carbocycles. The van der Waals surface area contributed by atoms with Crippen molar-refractivity contribution in [3.8, 4) is 0 Å². The van der Waals surface area contributed by atoms with Crippen LogP contribution < -0.4 is 5.32 Å². The summed E-state index contributed by atoms with van der Waals surface area (Å²) in [5.41, 5.74) is -0.811. The van der Waals surface area contributed by atoms with Crippen molar-refractivity contribution in [1.29, 1.82) is 0 Å². The number of hydrogen-bond acceptors (Lipinski definition) is 4. The number of alkyl halides is 3. The number of nitrogens with one attached hydrogen (secondary N) is 1. The summed E-state index contributed by atoms with van der Waals surface area (Å²) >= 11 is 0. The quantitative estimate of drug-likeness (QED) is 0.850. The second-order valence-corrected chi connectivity index (χ2v) is 5.54. The second-order valence-electron chi connectivity index (χ2n) is 5.54. The topological polar surface area (TPSA) is 58.1 Å². The van der Waals surface area contributed by atoms with Gasteiger partial charge in [0.05, 0.1) is 11.3 Å². The van der Waals surface area contributed by atoms with Gasteiger partial charge in [-0.3, -0.25) is 4.79 Å². The SMILES string of the molecule is CCCCN(C)C(=O)c1cc(Nc2ccccc2C(F)(F)F)ncn1. The molecule has 0 spiro atoms. The van der Waals surface area contributed by atoms with Crippen LogP contribution in [0.2, 0.25) is 0 Å². The van der Waals surface area contributed by atoms with Gasteiger partial charge in [0.2, 0.25) is 0 Å². The van der Waals surface area contributed by atoms with Crippen LogP contribution in [0, 0.1) is 0 Å². The van der Waals surface area contributed by atoms with Crippen LogP contribution in [-0.2, 0) is 6.18 Å². The van der Waals surface area contributed by atoms with Crippen LogP contribution in [0.15, 0.2) is 36.7 Å². The van der Waals surface area contributed by atoms with E-state index in [0.717, 1.165) is 25.2 Å². The predicted molar refractivity (Wildman–Crippen MR) is 88.6 cm³/mol. The molecule has 8 heteroatoms. The first-order valence-corrected chi connectivity index (χ1v) is 7.83. The summed E-state index contributed by atoms with van der Waals surface area (Å²) in [6.07, 6.45) is -1.53. The smallest absolute Gasteiger partial charge is 0.340 e. The van der Waals surface area contributed by atoms with E-state index >= 15 is 0 Å². The molecular formula is C17H19F3N4O. The molecule has 0 radical (unpaired) electrons. The number of para-hydroxylation sites is 1. The summed E-state index contributed by atoms with van der Waals surface area (Å²) in [6.45, 7) is 2.60. The number of nitrogens with zero attached hydrogens (tertiary/aromatic N) is 3. The maximum Gasteiger partial charge on any atom is 0.418 e. The van der Waals surface area contributed by atoms with Gasteiger partial charge in [-0.1, -0.05) is 25.5 Å². The number of halogens is 3. The summed E-state index contributed by atoms with van der Waals surface area (Å²) in [7, 11) is 1.66. The molecule has 2 rings (SSSR count). The molecule has 0 fully saturated rings. The van der Waals surface area contributed by atoms with Crippen LogP contribution in [0.25, 0.3) is 0 Å². The van der Waals surface area contributed by atoms with Crippen molar-refractivity contribution < 1.29 is 18.0 Å². The third kappa shape index (κ3) is 4.91. The van der Waals surface area contributed by atoms with E-state index in [4.69, 9.17) is 0 Å². The van der Waals surface area contributed by atoms with Gasteiger partial charge in [0, 0.05) is 19.7 Å². The van der Waals surface area contributed by atoms with E-state index in [2.05, 4.69) is 15.3 Å². The Morgan fingerprint density at radius 2 is 1.96 bits per heavy atom. The van der Waals surface area contributed by atoms with Gasteiger partial charge in [-0.25, -0.2) is 9.97 Å². The first-order chi connectivity index (χ1) is 11.8. The lowest BCUT2D eigenvalue weighted by atomic mass is 10.1.